The topological polar surface area (TPSA) is 79.2 Å². The molecule has 128 valence electrons. The number of aliphatic imine (C=N–C) groups is 1. The van der Waals surface area contributed by atoms with Gasteiger partial charge in [-0.25, -0.2) is 15.4 Å². The highest BCUT2D eigenvalue weighted by Gasteiger charge is 2.15. The predicted molar refractivity (Wildman–Crippen MR) is 93.5 cm³/mol. The van der Waals surface area contributed by atoms with E-state index in [4.69, 9.17) is 9.47 Å². The van der Waals surface area contributed by atoms with Gasteiger partial charge in [0.1, 0.15) is 12.5 Å². The maximum atomic E-state index is 9.51. The Balaban J connectivity index is 2.37. The van der Waals surface area contributed by atoms with Gasteiger partial charge in [-0.05, 0) is 37.3 Å². The molecule has 1 heterocycles. The fourth-order valence-electron chi connectivity index (χ4n) is 2.08. The van der Waals surface area contributed by atoms with Gasteiger partial charge in [0.05, 0.1) is 19.0 Å². The third kappa shape index (κ3) is 4.43. The Morgan fingerprint density at radius 1 is 1.25 bits per heavy atom. The molecule has 0 aliphatic carbocycles. The van der Waals surface area contributed by atoms with Gasteiger partial charge in [0, 0.05) is 25.3 Å². The van der Waals surface area contributed by atoms with Gasteiger partial charge in [-0.3, -0.25) is 5.01 Å². The van der Waals surface area contributed by atoms with Crippen molar-refractivity contribution >= 4 is 11.5 Å². The van der Waals surface area contributed by atoms with Crippen molar-refractivity contribution in [3.63, 3.8) is 0 Å². The van der Waals surface area contributed by atoms with E-state index in [1.54, 1.807) is 55.7 Å². The van der Waals surface area contributed by atoms with Gasteiger partial charge in [-0.2, -0.15) is 0 Å². The number of hydrogen-bond acceptors (Lipinski definition) is 6. The summed E-state index contributed by atoms with van der Waals surface area (Å²) in [5, 5.41) is 11.3. The largest absolute Gasteiger partial charge is 0.508 e. The van der Waals surface area contributed by atoms with E-state index in [9.17, 15) is 5.11 Å². The van der Waals surface area contributed by atoms with Crippen molar-refractivity contribution in [3.8, 4) is 11.6 Å². The van der Waals surface area contributed by atoms with Crippen molar-refractivity contribution in [3.05, 3.63) is 48.2 Å². The van der Waals surface area contributed by atoms with E-state index in [1.807, 2.05) is 13.0 Å². The van der Waals surface area contributed by atoms with E-state index >= 15 is 0 Å². The van der Waals surface area contributed by atoms with E-state index < -0.39 is 0 Å². The number of nitrogens with zero attached hydrogens (tertiary/aromatic N) is 3. The molecule has 0 spiro atoms. The molecule has 2 aromatic rings. The molecule has 0 saturated carbocycles. The van der Waals surface area contributed by atoms with Crippen LogP contribution in [0.25, 0.3) is 0 Å². The van der Waals surface area contributed by atoms with Crippen LogP contribution in [0, 0.1) is 0 Å². The van der Waals surface area contributed by atoms with Crippen LogP contribution in [0.2, 0.25) is 0 Å². The number of benzene rings is 1. The molecule has 24 heavy (non-hydrogen) atoms. The summed E-state index contributed by atoms with van der Waals surface area (Å²) in [6.07, 6.45) is 1.69. The number of nitrogens with one attached hydrogen (secondary N) is 1. The van der Waals surface area contributed by atoms with Crippen molar-refractivity contribution in [2.24, 2.45) is 4.99 Å². The second-order valence-corrected chi connectivity index (χ2v) is 4.77. The number of anilines is 1. The summed E-state index contributed by atoms with van der Waals surface area (Å²) in [7, 11) is 3.37. The number of aromatic hydroxyl groups is 1. The molecule has 0 unspecified atom stereocenters. The van der Waals surface area contributed by atoms with Gasteiger partial charge < -0.3 is 14.6 Å². The van der Waals surface area contributed by atoms with Crippen LogP contribution in [-0.4, -0.2) is 43.4 Å². The lowest BCUT2D eigenvalue weighted by molar-refractivity contribution is 0.156. The van der Waals surface area contributed by atoms with Crippen LogP contribution in [0.4, 0.5) is 5.69 Å². The molecule has 7 heteroatoms. The van der Waals surface area contributed by atoms with Crippen LogP contribution in [0.15, 0.2) is 47.6 Å². The fourth-order valence-corrected chi connectivity index (χ4v) is 2.08. The lowest BCUT2D eigenvalue weighted by atomic mass is 10.2. The summed E-state index contributed by atoms with van der Waals surface area (Å²) >= 11 is 0. The Bertz CT molecular complexity index is 657. The monoisotopic (exact) mass is 330 g/mol. The molecular weight excluding hydrogens is 308 g/mol. The van der Waals surface area contributed by atoms with Crippen LogP contribution >= 0.6 is 0 Å². The zero-order valence-electron chi connectivity index (χ0n) is 14.1. The average Bonchev–Trinajstić information content (AvgIpc) is 2.62. The van der Waals surface area contributed by atoms with Crippen LogP contribution in [0.1, 0.15) is 12.5 Å². The van der Waals surface area contributed by atoms with Crippen LogP contribution in [-0.2, 0) is 4.74 Å². The molecule has 0 atom stereocenters. The quantitative estimate of drug-likeness (QED) is 0.351. The molecule has 0 bridgehead atoms. The SMILES string of the molecule is CCOC/N=C(/c1ccc(O)cc1)N(NC)c1ccc(OC)nc1. The maximum absolute atomic E-state index is 9.51. The molecule has 0 fully saturated rings. The minimum absolute atomic E-state index is 0.199. The summed E-state index contributed by atoms with van der Waals surface area (Å²) in [6, 6.07) is 10.5. The first kappa shape index (κ1) is 17.7. The third-order valence-electron chi connectivity index (χ3n) is 3.26. The number of rotatable bonds is 7. The summed E-state index contributed by atoms with van der Waals surface area (Å²) in [6.45, 7) is 2.73. The molecule has 0 saturated heterocycles. The van der Waals surface area contributed by atoms with Gasteiger partial charge in [0.2, 0.25) is 5.88 Å². The Morgan fingerprint density at radius 2 is 2.00 bits per heavy atom. The number of phenolic OH excluding ortho intramolecular Hbond substituents is 1. The van der Waals surface area contributed by atoms with Crippen LogP contribution < -0.4 is 15.2 Å². The Morgan fingerprint density at radius 3 is 2.54 bits per heavy atom. The van der Waals surface area contributed by atoms with Crippen LogP contribution in [0.3, 0.4) is 0 Å². The molecule has 0 aliphatic heterocycles. The molecule has 0 aliphatic rings. The normalized spacial score (nSPS) is 11.4. The molecule has 1 aromatic heterocycles. The standard InChI is InChI=1S/C17H22N4O3/c1-4-24-12-20-17(13-5-8-15(22)9-6-13)21(18-2)14-7-10-16(23-3)19-11-14/h5-11,18,22H,4,12H2,1-3H3/b20-17-. The lowest BCUT2D eigenvalue weighted by Crippen LogP contribution is -2.41. The number of pyridine rings is 1. The van der Waals surface area contributed by atoms with Gasteiger partial charge in [0.15, 0.2) is 5.84 Å². The zero-order valence-corrected chi connectivity index (χ0v) is 14.1. The number of hydrazine groups is 1. The number of phenols is 1. The highest BCUT2D eigenvalue weighted by atomic mass is 16.5. The third-order valence-corrected chi connectivity index (χ3v) is 3.26. The van der Waals surface area contributed by atoms with Crippen molar-refractivity contribution in [2.45, 2.75) is 6.92 Å². The van der Waals surface area contributed by atoms with Gasteiger partial charge in [-0.15, -0.1) is 0 Å². The highest BCUT2D eigenvalue weighted by Crippen LogP contribution is 2.19. The zero-order chi connectivity index (χ0) is 17.4. The Kier molecular flexibility index (Phi) is 6.53. The maximum Gasteiger partial charge on any atom is 0.213 e. The predicted octanol–water partition coefficient (Wildman–Crippen LogP) is 2.18. The van der Waals surface area contributed by atoms with Gasteiger partial charge in [0.25, 0.3) is 0 Å². The number of hydrogen-bond donors (Lipinski definition) is 2. The minimum Gasteiger partial charge on any atom is -0.508 e. The first-order valence-corrected chi connectivity index (χ1v) is 7.58. The first-order chi connectivity index (χ1) is 11.7. The highest BCUT2D eigenvalue weighted by molar-refractivity contribution is 6.09. The molecule has 0 radical (unpaired) electrons. The van der Waals surface area contributed by atoms with E-state index in [2.05, 4.69) is 15.4 Å². The average molecular weight is 330 g/mol. The Labute approximate surface area is 141 Å². The molecular formula is C17H22N4O3. The number of ether oxygens (including phenoxy) is 2. The second-order valence-electron chi connectivity index (χ2n) is 4.77. The van der Waals surface area contributed by atoms with E-state index in [0.717, 1.165) is 11.3 Å². The fraction of sp³-hybridized carbons (Fsp3) is 0.294. The molecule has 0 amide bonds. The smallest absolute Gasteiger partial charge is 0.213 e. The second kappa shape index (κ2) is 8.85. The van der Waals surface area contributed by atoms with E-state index in [-0.39, 0.29) is 12.5 Å². The van der Waals surface area contributed by atoms with Crippen molar-refractivity contribution in [1.29, 1.82) is 0 Å². The van der Waals surface area contributed by atoms with Gasteiger partial charge >= 0.3 is 0 Å². The number of methoxy groups -OCH3 is 1. The number of amidine groups is 1. The summed E-state index contributed by atoms with van der Waals surface area (Å²) in [4.78, 5) is 8.74. The van der Waals surface area contributed by atoms with Gasteiger partial charge in [-0.1, -0.05) is 0 Å². The van der Waals surface area contributed by atoms with Crippen molar-refractivity contribution in [2.75, 3.05) is 32.5 Å². The Hall–Kier alpha value is -2.64. The summed E-state index contributed by atoms with van der Waals surface area (Å²) in [5.74, 6) is 1.38. The molecule has 2 rings (SSSR count). The van der Waals surface area contributed by atoms with Crippen molar-refractivity contribution in [1.82, 2.24) is 10.4 Å². The van der Waals surface area contributed by atoms with Crippen LogP contribution in [0.5, 0.6) is 11.6 Å². The minimum atomic E-state index is 0.199. The lowest BCUT2D eigenvalue weighted by Gasteiger charge is -2.25. The van der Waals surface area contributed by atoms with E-state index in [0.29, 0.717) is 18.3 Å². The summed E-state index contributed by atoms with van der Waals surface area (Å²) < 4.78 is 10.4. The first-order valence-electron chi connectivity index (χ1n) is 7.58. The molecule has 2 N–H and O–H groups in total. The molecule has 1 aromatic carbocycles. The summed E-state index contributed by atoms with van der Waals surface area (Å²) in [5.41, 5.74) is 4.72. The van der Waals surface area contributed by atoms with Crippen molar-refractivity contribution < 1.29 is 14.6 Å². The molecule has 7 nitrogen and oxygen atoms in total. The van der Waals surface area contributed by atoms with E-state index in [1.165, 1.54) is 0 Å². The number of aromatic nitrogens is 1.